The molecule has 29 heavy (non-hydrogen) atoms. The minimum absolute atomic E-state index is 0.227. The van der Waals surface area contributed by atoms with Crippen molar-refractivity contribution in [1.82, 2.24) is 0 Å². The fourth-order valence-electron chi connectivity index (χ4n) is 3.29. The molecule has 1 rings (SSSR count). The van der Waals surface area contributed by atoms with E-state index in [0.29, 0.717) is 12.8 Å². The molecular weight excluding hydrogens is 400 g/mol. The Bertz CT molecular complexity index is 639. The summed E-state index contributed by atoms with van der Waals surface area (Å²) in [7, 11) is 0. The number of alkyl halides is 1. The Kier molecular flexibility index (Phi) is 10.8. The minimum atomic E-state index is -0.691. The van der Waals surface area contributed by atoms with Crippen LogP contribution in [0.25, 0.3) is 0 Å². The Balaban J connectivity index is 3.25. The Morgan fingerprint density at radius 3 is 2.28 bits per heavy atom. The quantitative estimate of drug-likeness (QED) is 0.266. The summed E-state index contributed by atoms with van der Waals surface area (Å²) in [6, 6.07) is 0. The highest BCUT2D eigenvalue weighted by Gasteiger charge is 2.40. The topological polar surface area (TPSA) is 88.1 Å². The highest BCUT2D eigenvalue weighted by molar-refractivity contribution is 6.21. The number of esters is 3. The van der Waals surface area contributed by atoms with Gasteiger partial charge in [0.15, 0.2) is 0 Å². The molecule has 0 bridgehead atoms. The highest BCUT2D eigenvalue weighted by atomic mass is 35.5. The fourth-order valence-corrected chi connectivity index (χ4v) is 3.62. The van der Waals surface area contributed by atoms with Gasteiger partial charge in [0.2, 0.25) is 0 Å². The zero-order valence-corrected chi connectivity index (χ0v) is 18.0. The Morgan fingerprint density at radius 1 is 1.14 bits per heavy atom. The van der Waals surface area contributed by atoms with Crippen LogP contribution in [-0.4, -0.2) is 53.8 Å². The zero-order chi connectivity index (χ0) is 22.0. The molecule has 0 N–H and O–H groups in total. The summed E-state index contributed by atoms with van der Waals surface area (Å²) in [4.78, 5) is 34.7. The molecular formula is C21H29ClO7. The largest absolute Gasteiger partial charge is 0.461 e. The van der Waals surface area contributed by atoms with Crippen LogP contribution < -0.4 is 0 Å². The number of rotatable bonds is 7. The molecule has 0 saturated carbocycles. The van der Waals surface area contributed by atoms with Gasteiger partial charge in [-0.1, -0.05) is 18.9 Å². The third kappa shape index (κ3) is 8.88. The number of carbonyl (C=O) groups is 3. The van der Waals surface area contributed by atoms with Gasteiger partial charge in [0.05, 0.1) is 17.6 Å². The van der Waals surface area contributed by atoms with Crippen LogP contribution in [0.15, 0.2) is 12.2 Å². The Morgan fingerprint density at radius 2 is 1.76 bits per heavy atom. The van der Waals surface area contributed by atoms with Crippen molar-refractivity contribution in [3.63, 3.8) is 0 Å². The van der Waals surface area contributed by atoms with E-state index in [0.717, 1.165) is 0 Å². The molecule has 7 nitrogen and oxygen atoms in total. The van der Waals surface area contributed by atoms with Crippen molar-refractivity contribution in [2.45, 2.75) is 89.3 Å². The molecule has 1 fully saturated rings. The van der Waals surface area contributed by atoms with Crippen LogP contribution in [-0.2, 0) is 33.3 Å². The third-order valence-electron chi connectivity index (χ3n) is 4.44. The van der Waals surface area contributed by atoms with Gasteiger partial charge in [-0.25, -0.2) is 0 Å². The van der Waals surface area contributed by atoms with Crippen LogP contribution in [0.5, 0.6) is 0 Å². The number of halogens is 1. The minimum Gasteiger partial charge on any atom is -0.461 e. The SMILES string of the molecule is C#C/C=C\C[C@H]1OC(C(CC)OC(C)=O)C[C@@H](OC(C)=O)[C@H](Cl)C[C@H]1OC(C)=O. The fraction of sp³-hybridized carbons (Fsp3) is 0.667. The van der Waals surface area contributed by atoms with E-state index in [9.17, 15) is 14.4 Å². The Labute approximate surface area is 177 Å². The first-order chi connectivity index (χ1) is 13.7. The average Bonchev–Trinajstić information content (AvgIpc) is 2.61. The number of hydrogen-bond acceptors (Lipinski definition) is 7. The van der Waals surface area contributed by atoms with E-state index in [2.05, 4.69) is 5.92 Å². The van der Waals surface area contributed by atoms with Gasteiger partial charge >= 0.3 is 17.9 Å². The van der Waals surface area contributed by atoms with E-state index in [4.69, 9.17) is 37.0 Å². The molecule has 2 unspecified atom stereocenters. The van der Waals surface area contributed by atoms with Crippen LogP contribution in [0.1, 0.15) is 53.4 Å². The van der Waals surface area contributed by atoms with E-state index >= 15 is 0 Å². The van der Waals surface area contributed by atoms with Crippen molar-refractivity contribution in [1.29, 1.82) is 0 Å². The van der Waals surface area contributed by atoms with E-state index in [-0.39, 0.29) is 12.8 Å². The summed E-state index contributed by atoms with van der Waals surface area (Å²) < 4.78 is 22.5. The van der Waals surface area contributed by atoms with Crippen molar-refractivity contribution in [2.75, 3.05) is 0 Å². The van der Waals surface area contributed by atoms with E-state index in [1.54, 1.807) is 6.08 Å². The molecule has 8 heteroatoms. The second-order valence-corrected chi connectivity index (χ2v) is 7.42. The third-order valence-corrected chi connectivity index (χ3v) is 4.90. The predicted octanol–water partition coefficient (Wildman–Crippen LogP) is 2.93. The molecule has 0 aromatic heterocycles. The lowest BCUT2D eigenvalue weighted by molar-refractivity contribution is -0.186. The van der Waals surface area contributed by atoms with Crippen LogP contribution in [0.4, 0.5) is 0 Å². The molecule has 1 heterocycles. The molecule has 162 valence electrons. The number of ether oxygens (including phenoxy) is 4. The normalized spacial score (nSPS) is 28.5. The Hall–Kier alpha value is -2.04. The van der Waals surface area contributed by atoms with Crippen LogP contribution >= 0.6 is 11.6 Å². The predicted molar refractivity (Wildman–Crippen MR) is 107 cm³/mol. The molecule has 1 saturated heterocycles. The summed E-state index contributed by atoms with van der Waals surface area (Å²) in [6.07, 6.45) is 6.72. The highest BCUT2D eigenvalue weighted by Crippen LogP contribution is 2.31. The molecule has 0 aromatic carbocycles. The van der Waals surface area contributed by atoms with Gasteiger partial charge in [0, 0.05) is 33.6 Å². The molecule has 0 amide bonds. The summed E-state index contributed by atoms with van der Waals surface area (Å²) in [5.41, 5.74) is 0. The lowest BCUT2D eigenvalue weighted by atomic mass is 9.94. The summed E-state index contributed by atoms with van der Waals surface area (Å²) in [6.45, 7) is 5.75. The number of allylic oxidation sites excluding steroid dienone is 1. The molecule has 0 spiro atoms. The lowest BCUT2D eigenvalue weighted by Crippen LogP contribution is -2.48. The van der Waals surface area contributed by atoms with Crippen molar-refractivity contribution < 1.29 is 33.3 Å². The van der Waals surface area contributed by atoms with Crippen molar-refractivity contribution in [2.24, 2.45) is 0 Å². The van der Waals surface area contributed by atoms with E-state index < -0.39 is 53.8 Å². The maximum Gasteiger partial charge on any atom is 0.302 e. The summed E-state index contributed by atoms with van der Waals surface area (Å²) in [5, 5.41) is -0.622. The lowest BCUT2D eigenvalue weighted by Gasteiger charge is -2.39. The first-order valence-electron chi connectivity index (χ1n) is 9.60. The van der Waals surface area contributed by atoms with E-state index in [1.807, 2.05) is 6.92 Å². The van der Waals surface area contributed by atoms with Gasteiger partial charge in [-0.2, -0.15) is 0 Å². The van der Waals surface area contributed by atoms with Crippen molar-refractivity contribution >= 4 is 29.5 Å². The molecule has 6 atom stereocenters. The van der Waals surface area contributed by atoms with Crippen LogP contribution in [0.3, 0.4) is 0 Å². The molecule has 0 aromatic rings. The average molecular weight is 429 g/mol. The second-order valence-electron chi connectivity index (χ2n) is 6.86. The van der Waals surface area contributed by atoms with Gasteiger partial charge in [-0.05, 0) is 18.9 Å². The monoisotopic (exact) mass is 428 g/mol. The number of hydrogen-bond donors (Lipinski definition) is 0. The smallest absolute Gasteiger partial charge is 0.302 e. The standard InChI is InChI=1S/C21H29ClO7/c1-6-8-9-10-18-20(28-15(5)25)11-16(22)19(27-14(4)24)12-21(29-18)17(7-2)26-13(3)23/h1,8-9,16-21H,7,10-12H2,2-5H3/b9-8-/t16-,17?,18-,19-,20-,21?/m1/s1. The van der Waals surface area contributed by atoms with Crippen LogP contribution in [0.2, 0.25) is 0 Å². The zero-order valence-electron chi connectivity index (χ0n) is 17.3. The maximum absolute atomic E-state index is 11.6. The number of carbonyl (C=O) groups excluding carboxylic acids is 3. The van der Waals surface area contributed by atoms with Gasteiger partial charge in [0.25, 0.3) is 0 Å². The molecule has 0 aliphatic carbocycles. The van der Waals surface area contributed by atoms with Gasteiger partial charge in [-0.3, -0.25) is 14.4 Å². The second kappa shape index (κ2) is 12.5. The van der Waals surface area contributed by atoms with Gasteiger partial charge < -0.3 is 18.9 Å². The first kappa shape index (κ1) is 25.0. The maximum atomic E-state index is 11.6. The van der Waals surface area contributed by atoms with Crippen molar-refractivity contribution in [3.8, 4) is 12.3 Å². The molecule has 1 aliphatic heterocycles. The summed E-state index contributed by atoms with van der Waals surface area (Å²) >= 11 is 6.55. The summed E-state index contributed by atoms with van der Waals surface area (Å²) in [5.74, 6) is 0.980. The van der Waals surface area contributed by atoms with Gasteiger partial charge in [-0.15, -0.1) is 18.0 Å². The molecule has 0 radical (unpaired) electrons. The van der Waals surface area contributed by atoms with Crippen molar-refractivity contribution in [3.05, 3.63) is 12.2 Å². The van der Waals surface area contributed by atoms with Crippen LogP contribution in [0, 0.1) is 12.3 Å². The van der Waals surface area contributed by atoms with E-state index in [1.165, 1.54) is 26.8 Å². The first-order valence-corrected chi connectivity index (χ1v) is 10.0. The molecule has 1 aliphatic rings. The van der Waals surface area contributed by atoms with Gasteiger partial charge in [0.1, 0.15) is 18.3 Å². The number of terminal acetylenes is 1.